The van der Waals surface area contributed by atoms with Gasteiger partial charge in [0.2, 0.25) is 0 Å². The van der Waals surface area contributed by atoms with E-state index in [1.54, 1.807) is 0 Å². The van der Waals surface area contributed by atoms with Crippen molar-refractivity contribution in [3.05, 3.63) is 0 Å². The smallest absolute Gasteiger partial charge is 0.0502 e. The molecule has 0 bridgehead atoms. The molecular formula is C10H19NO. The molecule has 1 saturated carbocycles. The fraction of sp³-hybridized carbons (Fsp3) is 1.00. The zero-order chi connectivity index (χ0) is 8.44. The van der Waals surface area contributed by atoms with E-state index in [0.717, 1.165) is 6.54 Å². The molecule has 0 radical (unpaired) electrons. The Bertz CT molecular complexity index is 146. The fourth-order valence-electron chi connectivity index (χ4n) is 2.91. The summed E-state index contributed by atoms with van der Waals surface area (Å²) < 4.78 is 0. The van der Waals surface area contributed by atoms with Crippen molar-refractivity contribution >= 4 is 0 Å². The average Bonchev–Trinajstić information content (AvgIpc) is 2.18. The van der Waals surface area contributed by atoms with E-state index in [2.05, 4.69) is 5.32 Å². The van der Waals surface area contributed by atoms with Crippen LogP contribution in [0.15, 0.2) is 0 Å². The molecule has 0 aromatic heterocycles. The molecule has 2 N–H and O–H groups in total. The number of piperidine rings is 1. The third-order valence-electron chi connectivity index (χ3n) is 3.71. The van der Waals surface area contributed by atoms with Crippen LogP contribution in [0, 0.1) is 5.41 Å². The standard InChI is InChI=1S/C10H19NO/c12-8-10-5-2-1-4-9(10)11-7-3-6-10/h9,11-12H,1-8H2/t9-,10-/m0/s1. The van der Waals surface area contributed by atoms with E-state index >= 15 is 0 Å². The summed E-state index contributed by atoms with van der Waals surface area (Å²) in [5, 5.41) is 13.0. The predicted molar refractivity (Wildman–Crippen MR) is 49.0 cm³/mol. The summed E-state index contributed by atoms with van der Waals surface area (Å²) in [6.45, 7) is 1.55. The minimum Gasteiger partial charge on any atom is -0.396 e. The molecule has 0 aromatic carbocycles. The lowest BCUT2D eigenvalue weighted by Gasteiger charge is -2.46. The first-order valence-corrected chi connectivity index (χ1v) is 5.22. The Morgan fingerprint density at radius 3 is 2.83 bits per heavy atom. The molecule has 0 unspecified atom stereocenters. The SMILES string of the molecule is OC[C@@]12CCCC[C@@H]1NCCC2. The van der Waals surface area contributed by atoms with Crippen LogP contribution in [-0.2, 0) is 0 Å². The number of aliphatic hydroxyl groups is 1. The van der Waals surface area contributed by atoms with Gasteiger partial charge in [0.05, 0.1) is 6.61 Å². The summed E-state index contributed by atoms with van der Waals surface area (Å²) in [7, 11) is 0. The van der Waals surface area contributed by atoms with Crippen molar-refractivity contribution in [3.8, 4) is 0 Å². The highest BCUT2D eigenvalue weighted by Crippen LogP contribution is 2.41. The molecule has 2 heteroatoms. The van der Waals surface area contributed by atoms with Crippen LogP contribution in [0.25, 0.3) is 0 Å². The Hall–Kier alpha value is -0.0800. The monoisotopic (exact) mass is 169 g/mol. The Morgan fingerprint density at radius 1 is 1.25 bits per heavy atom. The van der Waals surface area contributed by atoms with Crippen LogP contribution >= 0.6 is 0 Å². The Morgan fingerprint density at radius 2 is 2.08 bits per heavy atom. The summed E-state index contributed by atoms with van der Waals surface area (Å²) in [5.74, 6) is 0. The molecule has 12 heavy (non-hydrogen) atoms. The van der Waals surface area contributed by atoms with Crippen molar-refractivity contribution < 1.29 is 5.11 Å². The van der Waals surface area contributed by atoms with Crippen LogP contribution in [0.4, 0.5) is 0 Å². The third kappa shape index (κ3) is 1.27. The molecular weight excluding hydrogens is 150 g/mol. The first kappa shape index (κ1) is 8.52. The van der Waals surface area contributed by atoms with Gasteiger partial charge in [-0.1, -0.05) is 12.8 Å². The van der Waals surface area contributed by atoms with Crippen LogP contribution < -0.4 is 5.32 Å². The van der Waals surface area contributed by atoms with Gasteiger partial charge in [0.1, 0.15) is 0 Å². The molecule has 1 heterocycles. The number of hydrogen-bond donors (Lipinski definition) is 2. The van der Waals surface area contributed by atoms with Crippen LogP contribution in [0.3, 0.4) is 0 Å². The summed E-state index contributed by atoms with van der Waals surface area (Å²) in [4.78, 5) is 0. The maximum atomic E-state index is 9.44. The fourth-order valence-corrected chi connectivity index (χ4v) is 2.91. The zero-order valence-electron chi connectivity index (χ0n) is 7.68. The van der Waals surface area contributed by atoms with E-state index < -0.39 is 0 Å². The van der Waals surface area contributed by atoms with Crippen LogP contribution in [0.5, 0.6) is 0 Å². The highest BCUT2D eigenvalue weighted by molar-refractivity contribution is 4.96. The second-order valence-electron chi connectivity index (χ2n) is 4.38. The molecule has 0 amide bonds. The van der Waals surface area contributed by atoms with Gasteiger partial charge in [0.15, 0.2) is 0 Å². The normalized spacial score (nSPS) is 42.2. The van der Waals surface area contributed by atoms with Crippen LogP contribution in [0.2, 0.25) is 0 Å². The third-order valence-corrected chi connectivity index (χ3v) is 3.71. The summed E-state index contributed by atoms with van der Waals surface area (Å²) in [5.41, 5.74) is 0.260. The average molecular weight is 169 g/mol. The van der Waals surface area contributed by atoms with E-state index in [-0.39, 0.29) is 5.41 Å². The number of aliphatic hydroxyl groups excluding tert-OH is 1. The molecule has 1 saturated heterocycles. The van der Waals surface area contributed by atoms with Crippen LogP contribution in [0.1, 0.15) is 38.5 Å². The minimum atomic E-state index is 0.260. The van der Waals surface area contributed by atoms with E-state index in [1.807, 2.05) is 0 Å². The number of nitrogens with one attached hydrogen (secondary N) is 1. The number of hydrogen-bond acceptors (Lipinski definition) is 2. The Labute approximate surface area is 74.4 Å². The van der Waals surface area contributed by atoms with Crippen molar-refractivity contribution in [2.45, 2.75) is 44.6 Å². The molecule has 0 spiro atoms. The van der Waals surface area contributed by atoms with E-state index in [1.165, 1.54) is 38.5 Å². The Balaban J connectivity index is 2.10. The lowest BCUT2D eigenvalue weighted by molar-refractivity contribution is 0.0189. The quantitative estimate of drug-likeness (QED) is 0.620. The van der Waals surface area contributed by atoms with Gasteiger partial charge in [-0.3, -0.25) is 0 Å². The lowest BCUT2D eigenvalue weighted by atomic mass is 9.66. The van der Waals surface area contributed by atoms with Gasteiger partial charge in [-0.2, -0.15) is 0 Å². The van der Waals surface area contributed by atoms with Gasteiger partial charge in [-0.15, -0.1) is 0 Å². The lowest BCUT2D eigenvalue weighted by Crippen LogP contribution is -2.53. The van der Waals surface area contributed by atoms with Gasteiger partial charge >= 0.3 is 0 Å². The summed E-state index contributed by atoms with van der Waals surface area (Å²) in [6.07, 6.45) is 7.66. The van der Waals surface area contributed by atoms with Gasteiger partial charge < -0.3 is 10.4 Å². The van der Waals surface area contributed by atoms with Gasteiger partial charge in [-0.25, -0.2) is 0 Å². The maximum absolute atomic E-state index is 9.44. The highest BCUT2D eigenvalue weighted by Gasteiger charge is 2.41. The molecule has 1 aliphatic heterocycles. The van der Waals surface area contributed by atoms with Crippen molar-refractivity contribution in [2.24, 2.45) is 5.41 Å². The molecule has 2 aliphatic rings. The van der Waals surface area contributed by atoms with Crippen molar-refractivity contribution in [1.29, 1.82) is 0 Å². The minimum absolute atomic E-state index is 0.260. The highest BCUT2D eigenvalue weighted by atomic mass is 16.3. The second-order valence-corrected chi connectivity index (χ2v) is 4.38. The molecule has 70 valence electrons. The topological polar surface area (TPSA) is 32.3 Å². The van der Waals surface area contributed by atoms with Gasteiger partial charge in [-0.05, 0) is 32.2 Å². The maximum Gasteiger partial charge on any atom is 0.0502 e. The van der Waals surface area contributed by atoms with E-state index in [9.17, 15) is 5.11 Å². The van der Waals surface area contributed by atoms with Crippen LogP contribution in [-0.4, -0.2) is 24.3 Å². The van der Waals surface area contributed by atoms with Crippen molar-refractivity contribution in [2.75, 3.05) is 13.2 Å². The molecule has 0 aromatic rings. The molecule has 2 fully saturated rings. The van der Waals surface area contributed by atoms with Crippen molar-refractivity contribution in [3.63, 3.8) is 0 Å². The first-order chi connectivity index (χ1) is 5.87. The molecule has 2 atom stereocenters. The number of fused-ring (bicyclic) bond motifs is 1. The second kappa shape index (κ2) is 3.35. The van der Waals surface area contributed by atoms with Crippen molar-refractivity contribution in [1.82, 2.24) is 5.32 Å². The predicted octanol–water partition coefficient (Wildman–Crippen LogP) is 1.29. The summed E-state index contributed by atoms with van der Waals surface area (Å²) in [6, 6.07) is 0.616. The molecule has 1 aliphatic carbocycles. The number of rotatable bonds is 1. The van der Waals surface area contributed by atoms with Gasteiger partial charge in [0, 0.05) is 11.5 Å². The molecule has 2 nitrogen and oxygen atoms in total. The van der Waals surface area contributed by atoms with E-state index in [0.29, 0.717) is 12.6 Å². The largest absolute Gasteiger partial charge is 0.396 e. The summed E-state index contributed by atoms with van der Waals surface area (Å²) >= 11 is 0. The van der Waals surface area contributed by atoms with Gasteiger partial charge in [0.25, 0.3) is 0 Å². The first-order valence-electron chi connectivity index (χ1n) is 5.22. The Kier molecular flexibility index (Phi) is 2.37. The van der Waals surface area contributed by atoms with E-state index in [4.69, 9.17) is 0 Å². The molecule has 2 rings (SSSR count). The zero-order valence-corrected chi connectivity index (χ0v) is 7.68.